The monoisotopic (exact) mass is 341 g/mol. The van der Waals surface area contributed by atoms with Crippen LogP contribution in [0.3, 0.4) is 0 Å². The predicted molar refractivity (Wildman–Crippen MR) is 89.5 cm³/mol. The Morgan fingerprint density at radius 3 is 2.55 bits per heavy atom. The molecular weight excluding hydrogens is 322 g/mol. The van der Waals surface area contributed by atoms with Crippen LogP contribution in [-0.4, -0.2) is 48.2 Å². The summed E-state index contributed by atoms with van der Waals surface area (Å²) in [5.41, 5.74) is 1.85. The number of ether oxygens (including phenoxy) is 1. The molecule has 2 N–H and O–H groups in total. The zero-order valence-corrected chi connectivity index (χ0v) is 13.8. The number of benzene rings is 1. The molecule has 0 atom stereocenters. The molecule has 0 saturated carbocycles. The third-order valence-electron chi connectivity index (χ3n) is 3.03. The number of hydrogen-bond donors (Lipinski definition) is 2. The minimum absolute atomic E-state index is 0.172. The van der Waals surface area contributed by atoms with Gasteiger partial charge in [0, 0.05) is 12.1 Å². The van der Waals surface area contributed by atoms with Crippen molar-refractivity contribution in [3.05, 3.63) is 35.4 Å². The number of thioether (sulfide) groups is 2. The molecule has 1 fully saturated rings. The Bertz CT molecular complexity index is 501. The van der Waals surface area contributed by atoms with Crippen LogP contribution in [0.25, 0.3) is 0 Å². The van der Waals surface area contributed by atoms with Gasteiger partial charge in [0.1, 0.15) is 6.61 Å². The van der Waals surface area contributed by atoms with E-state index in [4.69, 9.17) is 9.84 Å². The Morgan fingerprint density at radius 1 is 1.23 bits per heavy atom. The molecule has 120 valence electrons. The zero-order chi connectivity index (χ0) is 15.8. The van der Waals surface area contributed by atoms with Gasteiger partial charge in [0.05, 0.1) is 11.2 Å². The Labute approximate surface area is 138 Å². The lowest BCUT2D eigenvalue weighted by atomic mass is 10.1. The number of carboxylic acids is 1. The molecule has 1 aromatic rings. The van der Waals surface area contributed by atoms with E-state index >= 15 is 0 Å². The number of rotatable bonds is 7. The van der Waals surface area contributed by atoms with Gasteiger partial charge in [0.15, 0.2) is 0 Å². The van der Waals surface area contributed by atoms with Crippen LogP contribution in [0.1, 0.15) is 26.9 Å². The summed E-state index contributed by atoms with van der Waals surface area (Å²) in [5, 5.41) is 11.1. The highest BCUT2D eigenvalue weighted by Crippen LogP contribution is 2.43. The lowest BCUT2D eigenvalue weighted by molar-refractivity contribution is -0.142. The van der Waals surface area contributed by atoms with Crippen molar-refractivity contribution in [3.8, 4) is 0 Å². The topological polar surface area (TPSA) is 75.6 Å². The largest absolute Gasteiger partial charge is 0.480 e. The number of hydrogen-bond acceptors (Lipinski definition) is 5. The maximum absolute atomic E-state index is 11.9. The molecular formula is C15H19NO4S2. The van der Waals surface area contributed by atoms with E-state index in [1.54, 1.807) is 0 Å². The molecule has 1 heterocycles. The number of amides is 1. The molecule has 0 aromatic heterocycles. The summed E-state index contributed by atoms with van der Waals surface area (Å²) in [5.74, 6) is 1.20. The highest BCUT2D eigenvalue weighted by Gasteiger charge is 2.16. The van der Waals surface area contributed by atoms with Crippen molar-refractivity contribution < 1.29 is 19.4 Å². The summed E-state index contributed by atoms with van der Waals surface area (Å²) in [4.78, 5) is 22.2. The Kier molecular flexibility index (Phi) is 7.08. The molecule has 22 heavy (non-hydrogen) atoms. The van der Waals surface area contributed by atoms with Gasteiger partial charge in [0.2, 0.25) is 0 Å². The average molecular weight is 341 g/mol. The van der Waals surface area contributed by atoms with Crippen molar-refractivity contribution in [2.24, 2.45) is 0 Å². The highest BCUT2D eigenvalue weighted by molar-refractivity contribution is 8.16. The van der Waals surface area contributed by atoms with E-state index in [0.29, 0.717) is 16.7 Å². The van der Waals surface area contributed by atoms with E-state index in [2.05, 4.69) is 5.32 Å². The van der Waals surface area contributed by atoms with Crippen molar-refractivity contribution in [3.63, 3.8) is 0 Å². The molecule has 0 unspecified atom stereocenters. The lowest BCUT2D eigenvalue weighted by Crippen LogP contribution is -2.27. The average Bonchev–Trinajstić information content (AvgIpc) is 2.55. The van der Waals surface area contributed by atoms with Gasteiger partial charge in [-0.05, 0) is 35.6 Å². The molecule has 5 nitrogen and oxygen atoms in total. The van der Waals surface area contributed by atoms with E-state index in [9.17, 15) is 9.59 Å². The number of carboxylic acid groups (broad SMARTS) is 1. The summed E-state index contributed by atoms with van der Waals surface area (Å²) < 4.78 is 5.33. The Morgan fingerprint density at radius 2 is 1.91 bits per heavy atom. The van der Waals surface area contributed by atoms with Crippen molar-refractivity contribution in [1.82, 2.24) is 5.32 Å². The lowest BCUT2D eigenvalue weighted by Gasteiger charge is -2.21. The Balaban J connectivity index is 1.77. The fourth-order valence-electron chi connectivity index (χ4n) is 1.97. The Hall–Kier alpha value is -1.18. The maximum Gasteiger partial charge on any atom is 0.329 e. The van der Waals surface area contributed by atoms with Gasteiger partial charge in [-0.1, -0.05) is 12.1 Å². The smallest absolute Gasteiger partial charge is 0.329 e. The zero-order valence-electron chi connectivity index (χ0n) is 12.1. The molecule has 0 radical (unpaired) electrons. The first-order chi connectivity index (χ1) is 10.7. The SMILES string of the molecule is O=C(O)COCCNC(=O)c1ccc(C2SCCCS2)cc1. The van der Waals surface area contributed by atoms with Crippen LogP contribution in [0.15, 0.2) is 24.3 Å². The summed E-state index contributed by atoms with van der Waals surface area (Å²) in [7, 11) is 0. The second kappa shape index (κ2) is 9.07. The van der Waals surface area contributed by atoms with Crippen molar-refractivity contribution in [2.75, 3.05) is 31.3 Å². The molecule has 0 aliphatic carbocycles. The van der Waals surface area contributed by atoms with Gasteiger partial charge >= 0.3 is 5.97 Å². The minimum Gasteiger partial charge on any atom is -0.480 e. The first-order valence-corrected chi connectivity index (χ1v) is 9.17. The van der Waals surface area contributed by atoms with E-state index in [0.717, 1.165) is 0 Å². The van der Waals surface area contributed by atoms with Crippen molar-refractivity contribution in [1.29, 1.82) is 0 Å². The number of nitrogens with one attached hydrogen (secondary N) is 1. The fraction of sp³-hybridized carbons (Fsp3) is 0.467. The van der Waals surface area contributed by atoms with Crippen LogP contribution < -0.4 is 5.32 Å². The molecule has 1 saturated heterocycles. The van der Waals surface area contributed by atoms with E-state index in [1.807, 2.05) is 47.8 Å². The minimum atomic E-state index is -1.01. The van der Waals surface area contributed by atoms with Crippen LogP contribution in [0.5, 0.6) is 0 Å². The summed E-state index contributed by atoms with van der Waals surface area (Å²) in [6, 6.07) is 7.68. The molecule has 2 rings (SSSR count). The van der Waals surface area contributed by atoms with Crippen LogP contribution in [0, 0.1) is 0 Å². The van der Waals surface area contributed by atoms with Crippen LogP contribution in [0.2, 0.25) is 0 Å². The number of carbonyl (C=O) groups excluding carboxylic acids is 1. The fourth-order valence-corrected chi connectivity index (χ4v) is 4.86. The van der Waals surface area contributed by atoms with Crippen LogP contribution >= 0.6 is 23.5 Å². The van der Waals surface area contributed by atoms with E-state index < -0.39 is 5.97 Å². The van der Waals surface area contributed by atoms with Gasteiger partial charge in [0.25, 0.3) is 5.91 Å². The number of aliphatic carboxylic acids is 1. The first-order valence-electron chi connectivity index (χ1n) is 7.08. The molecule has 7 heteroatoms. The quantitative estimate of drug-likeness (QED) is 0.742. The van der Waals surface area contributed by atoms with Crippen LogP contribution in [-0.2, 0) is 9.53 Å². The van der Waals surface area contributed by atoms with Gasteiger partial charge < -0.3 is 15.2 Å². The third-order valence-corrected chi connectivity index (χ3v) is 6.04. The molecule has 1 aliphatic heterocycles. The number of carbonyl (C=O) groups is 2. The maximum atomic E-state index is 11.9. The van der Waals surface area contributed by atoms with Crippen molar-refractivity contribution in [2.45, 2.75) is 11.0 Å². The van der Waals surface area contributed by atoms with Crippen LogP contribution in [0.4, 0.5) is 0 Å². The van der Waals surface area contributed by atoms with Gasteiger partial charge in [-0.3, -0.25) is 4.79 Å². The standard InChI is InChI=1S/C15H19NO4S2/c17-13(18)10-20-7-6-16-14(19)11-2-4-12(5-3-11)15-21-8-1-9-22-15/h2-5,15H,1,6-10H2,(H,16,19)(H,17,18). The van der Waals surface area contributed by atoms with E-state index in [-0.39, 0.29) is 19.1 Å². The second-order valence-electron chi connectivity index (χ2n) is 4.75. The molecule has 1 aliphatic rings. The molecule has 1 aromatic carbocycles. The predicted octanol–water partition coefficient (Wildman–Crippen LogP) is 2.39. The molecule has 0 bridgehead atoms. The summed E-state index contributed by atoms with van der Waals surface area (Å²) in [6.07, 6.45) is 1.26. The highest BCUT2D eigenvalue weighted by atomic mass is 32.2. The molecule has 1 amide bonds. The van der Waals surface area contributed by atoms with Gasteiger partial charge in [-0.15, -0.1) is 23.5 Å². The van der Waals surface area contributed by atoms with Gasteiger partial charge in [-0.25, -0.2) is 4.79 Å². The first kappa shape index (κ1) is 17.2. The second-order valence-corrected chi connectivity index (χ2v) is 7.48. The van der Waals surface area contributed by atoms with E-state index in [1.165, 1.54) is 23.5 Å². The summed E-state index contributed by atoms with van der Waals surface area (Å²) >= 11 is 3.90. The normalized spacial score (nSPS) is 15.5. The third kappa shape index (κ3) is 5.55. The summed E-state index contributed by atoms with van der Waals surface area (Å²) in [6.45, 7) is 0.134. The van der Waals surface area contributed by atoms with Crippen molar-refractivity contribution >= 4 is 35.4 Å². The molecule has 0 spiro atoms. The van der Waals surface area contributed by atoms with Gasteiger partial charge in [-0.2, -0.15) is 0 Å².